The average Bonchev–Trinajstić information content (AvgIpc) is 3.08. The van der Waals surface area contributed by atoms with E-state index in [-0.39, 0.29) is 12.1 Å². The van der Waals surface area contributed by atoms with E-state index in [2.05, 4.69) is 29.9 Å². The highest BCUT2D eigenvalue weighted by atomic mass is 16.5. The number of nitrogens with zero attached hydrogens (tertiary/aromatic N) is 5. The Morgan fingerprint density at radius 2 is 1.94 bits per heavy atom. The van der Waals surface area contributed by atoms with Crippen molar-refractivity contribution in [2.45, 2.75) is 38.8 Å². The lowest BCUT2D eigenvalue weighted by atomic mass is 9.96. The normalized spacial score (nSPS) is 22.3. The van der Waals surface area contributed by atoms with E-state index in [1.807, 2.05) is 24.4 Å². The summed E-state index contributed by atoms with van der Waals surface area (Å²) in [6.07, 6.45) is 5.11. The maximum atomic E-state index is 10.0. The van der Waals surface area contributed by atoms with Crippen LogP contribution in [0.25, 0.3) is 16.6 Å². The second-order valence-corrected chi connectivity index (χ2v) is 10.6. The summed E-state index contributed by atoms with van der Waals surface area (Å²) in [7, 11) is 0. The summed E-state index contributed by atoms with van der Waals surface area (Å²) >= 11 is 0. The van der Waals surface area contributed by atoms with E-state index in [4.69, 9.17) is 15.5 Å². The van der Waals surface area contributed by atoms with Gasteiger partial charge in [0, 0.05) is 36.0 Å². The molecule has 5 rings (SSSR count). The van der Waals surface area contributed by atoms with Gasteiger partial charge in [0.15, 0.2) is 0 Å². The third-order valence-electron chi connectivity index (χ3n) is 6.74. The molecule has 1 aliphatic carbocycles. The Hall–Kier alpha value is -3.15. The molecule has 0 unspecified atom stereocenters. The second-order valence-electron chi connectivity index (χ2n) is 10.6. The van der Waals surface area contributed by atoms with Crippen LogP contribution in [0.15, 0.2) is 36.8 Å². The molecule has 0 spiro atoms. The fraction of sp³-hybridized carbons (Fsp3) is 0.480. The molecule has 172 valence electrons. The third kappa shape index (κ3) is 4.03. The topological polar surface area (TPSA) is 113 Å². The van der Waals surface area contributed by atoms with Crippen LogP contribution in [0.1, 0.15) is 33.3 Å². The number of aliphatic hydroxyl groups is 1. The standard InChI is InChI=1S/C25H30N6O2/c1-24(2,32)14-33-17-7-18(23-16(8-26)10-29-31(23)11-17)15-5-6-21(28-9-15)30-12-19-20(13-30)22(19)25(3,4)27/h5-7,9-11,19-20,22,32H,12-14,27H2,1-4H3/t19-,20+,22+. The zero-order valence-corrected chi connectivity index (χ0v) is 19.5. The highest BCUT2D eigenvalue weighted by molar-refractivity contribution is 5.85. The van der Waals surface area contributed by atoms with Crippen molar-refractivity contribution in [3.8, 4) is 22.9 Å². The summed E-state index contributed by atoms with van der Waals surface area (Å²) in [5.74, 6) is 3.42. The van der Waals surface area contributed by atoms with E-state index in [0.29, 0.717) is 34.6 Å². The van der Waals surface area contributed by atoms with Crippen molar-refractivity contribution >= 4 is 11.3 Å². The molecule has 0 aromatic carbocycles. The molecule has 0 bridgehead atoms. The summed E-state index contributed by atoms with van der Waals surface area (Å²) in [6.45, 7) is 9.76. The van der Waals surface area contributed by atoms with Gasteiger partial charge in [0.2, 0.25) is 0 Å². The van der Waals surface area contributed by atoms with E-state index in [1.54, 1.807) is 30.8 Å². The van der Waals surface area contributed by atoms with Crippen LogP contribution in [0.3, 0.4) is 0 Å². The number of pyridine rings is 2. The van der Waals surface area contributed by atoms with Crippen LogP contribution in [0.4, 0.5) is 5.82 Å². The van der Waals surface area contributed by atoms with Crippen LogP contribution in [-0.2, 0) is 0 Å². The molecule has 1 saturated heterocycles. The molecule has 0 amide bonds. The van der Waals surface area contributed by atoms with Crippen LogP contribution in [0, 0.1) is 29.1 Å². The molecule has 0 radical (unpaired) electrons. The maximum absolute atomic E-state index is 10.0. The van der Waals surface area contributed by atoms with Gasteiger partial charge in [-0.05, 0) is 63.6 Å². The molecule has 8 heteroatoms. The molecule has 8 nitrogen and oxygen atoms in total. The number of aromatic nitrogens is 3. The number of piperidine rings is 1. The molecular formula is C25H30N6O2. The van der Waals surface area contributed by atoms with E-state index in [0.717, 1.165) is 30.0 Å². The highest BCUT2D eigenvalue weighted by Gasteiger charge is 2.60. The van der Waals surface area contributed by atoms with Crippen LogP contribution in [0.2, 0.25) is 0 Å². The van der Waals surface area contributed by atoms with E-state index in [1.165, 1.54) is 0 Å². The summed E-state index contributed by atoms with van der Waals surface area (Å²) in [5.41, 5.74) is 8.12. The second kappa shape index (κ2) is 7.44. The molecule has 3 atom stereocenters. The lowest BCUT2D eigenvalue weighted by Crippen LogP contribution is -2.39. The van der Waals surface area contributed by atoms with E-state index < -0.39 is 5.60 Å². The summed E-state index contributed by atoms with van der Waals surface area (Å²) in [6, 6.07) is 8.15. The van der Waals surface area contributed by atoms with Crippen molar-refractivity contribution in [3.05, 3.63) is 42.4 Å². The predicted octanol–water partition coefficient (Wildman–Crippen LogP) is 2.84. The summed E-state index contributed by atoms with van der Waals surface area (Å²) in [5, 5.41) is 23.9. The van der Waals surface area contributed by atoms with Crippen LogP contribution >= 0.6 is 0 Å². The van der Waals surface area contributed by atoms with Crippen molar-refractivity contribution in [2.24, 2.45) is 23.5 Å². The zero-order chi connectivity index (χ0) is 23.5. The number of ether oxygens (including phenoxy) is 1. The largest absolute Gasteiger partial charge is 0.489 e. The molecule has 2 aliphatic rings. The van der Waals surface area contributed by atoms with E-state index in [9.17, 15) is 10.4 Å². The minimum Gasteiger partial charge on any atom is -0.489 e. The molecular weight excluding hydrogens is 416 g/mol. The van der Waals surface area contributed by atoms with Gasteiger partial charge in [-0.2, -0.15) is 10.4 Å². The van der Waals surface area contributed by atoms with Gasteiger partial charge in [-0.1, -0.05) is 0 Å². The molecule has 4 heterocycles. The fourth-order valence-corrected chi connectivity index (χ4v) is 5.29. The number of hydrogen-bond acceptors (Lipinski definition) is 7. The van der Waals surface area contributed by atoms with Gasteiger partial charge < -0.3 is 20.5 Å². The molecule has 2 fully saturated rings. The summed E-state index contributed by atoms with van der Waals surface area (Å²) in [4.78, 5) is 7.07. The SMILES string of the molecule is CC(C)(O)COc1cc(-c2ccc(N3C[C@@H]4[C@H](C3)[C@H]4C(C)(C)N)nc2)c2c(C#N)cnn2c1. The van der Waals surface area contributed by atoms with Gasteiger partial charge in [0.25, 0.3) is 0 Å². The number of rotatable bonds is 6. The van der Waals surface area contributed by atoms with Gasteiger partial charge in [-0.3, -0.25) is 0 Å². The van der Waals surface area contributed by atoms with Crippen LogP contribution < -0.4 is 15.4 Å². The zero-order valence-electron chi connectivity index (χ0n) is 19.5. The van der Waals surface area contributed by atoms with Crippen molar-refractivity contribution in [1.82, 2.24) is 14.6 Å². The van der Waals surface area contributed by atoms with Crippen molar-refractivity contribution in [1.29, 1.82) is 5.26 Å². The Balaban J connectivity index is 1.42. The van der Waals surface area contributed by atoms with Gasteiger partial charge in [0.1, 0.15) is 24.2 Å². The molecule has 1 saturated carbocycles. The first-order valence-corrected chi connectivity index (χ1v) is 11.3. The first-order chi connectivity index (χ1) is 15.5. The smallest absolute Gasteiger partial charge is 0.138 e. The average molecular weight is 447 g/mol. The number of nitriles is 1. The number of nitrogens with two attached hydrogens (primary N) is 1. The first-order valence-electron chi connectivity index (χ1n) is 11.3. The van der Waals surface area contributed by atoms with Crippen LogP contribution in [0.5, 0.6) is 5.75 Å². The fourth-order valence-electron chi connectivity index (χ4n) is 5.29. The Morgan fingerprint density at radius 3 is 2.52 bits per heavy atom. The van der Waals surface area contributed by atoms with Gasteiger partial charge in [-0.15, -0.1) is 0 Å². The van der Waals surface area contributed by atoms with Gasteiger partial charge >= 0.3 is 0 Å². The molecule has 3 aromatic heterocycles. The molecule has 3 N–H and O–H groups in total. The Bertz CT molecular complexity index is 1220. The predicted molar refractivity (Wildman–Crippen MR) is 126 cm³/mol. The number of anilines is 1. The minimum absolute atomic E-state index is 0.119. The number of hydrogen-bond donors (Lipinski definition) is 2. The lowest BCUT2D eigenvalue weighted by molar-refractivity contribution is 0.0283. The highest BCUT2D eigenvalue weighted by Crippen LogP contribution is 2.56. The van der Waals surface area contributed by atoms with Crippen molar-refractivity contribution in [3.63, 3.8) is 0 Å². The lowest BCUT2D eigenvalue weighted by Gasteiger charge is -2.26. The Morgan fingerprint density at radius 1 is 1.21 bits per heavy atom. The number of fused-ring (bicyclic) bond motifs is 2. The van der Waals surface area contributed by atoms with Gasteiger partial charge in [-0.25, -0.2) is 9.50 Å². The molecule has 33 heavy (non-hydrogen) atoms. The Labute approximate surface area is 193 Å². The summed E-state index contributed by atoms with van der Waals surface area (Å²) < 4.78 is 7.45. The monoisotopic (exact) mass is 446 g/mol. The third-order valence-corrected chi connectivity index (χ3v) is 6.74. The Kier molecular flexibility index (Phi) is 4.89. The molecule has 3 aromatic rings. The maximum Gasteiger partial charge on any atom is 0.138 e. The van der Waals surface area contributed by atoms with Crippen LogP contribution in [-0.4, -0.2) is 50.5 Å². The first kappa shape index (κ1) is 21.7. The quantitative estimate of drug-likeness (QED) is 0.599. The van der Waals surface area contributed by atoms with Crippen molar-refractivity contribution < 1.29 is 9.84 Å². The van der Waals surface area contributed by atoms with Crippen molar-refractivity contribution in [2.75, 3.05) is 24.6 Å². The van der Waals surface area contributed by atoms with E-state index >= 15 is 0 Å². The molecule has 1 aliphatic heterocycles. The van der Waals surface area contributed by atoms with Gasteiger partial charge in [0.05, 0.1) is 29.1 Å². The minimum atomic E-state index is -0.963.